The summed E-state index contributed by atoms with van der Waals surface area (Å²) in [5.74, 6) is 0.205. The molecule has 2 aromatic heterocycles. The Morgan fingerprint density at radius 1 is 1.00 bits per heavy atom. The molecule has 1 fully saturated rings. The van der Waals surface area contributed by atoms with Crippen LogP contribution in [0.5, 0.6) is 0 Å². The van der Waals surface area contributed by atoms with Crippen LogP contribution in [0.2, 0.25) is 0 Å². The number of piperidine rings is 1. The molecule has 41 heavy (non-hydrogen) atoms. The third-order valence-corrected chi connectivity index (χ3v) is 9.62. The number of nitrogens with one attached hydrogen (secondary N) is 1. The van der Waals surface area contributed by atoms with Gasteiger partial charge in [-0.2, -0.15) is 0 Å². The molecule has 5 heterocycles. The highest BCUT2D eigenvalue weighted by Crippen LogP contribution is 2.35. The third-order valence-electron chi connectivity index (χ3n) is 8.93. The zero-order valence-corrected chi connectivity index (χ0v) is 24.1. The molecule has 4 aromatic rings. The predicted molar refractivity (Wildman–Crippen MR) is 160 cm³/mol. The molecule has 1 atom stereocenters. The number of thiazole rings is 1. The molecular formula is C32H34N6O2S. The SMILES string of the molecule is CN1CCC(c2ccc(-c3ccc4c(c3)C(=O)N(C(C(=O)Nc3nccs3)c3ncn5c3CCC5)CC4)cc2)CC1. The van der Waals surface area contributed by atoms with Gasteiger partial charge in [0, 0.05) is 35.9 Å². The van der Waals surface area contributed by atoms with Crippen molar-refractivity contribution in [2.24, 2.45) is 0 Å². The van der Waals surface area contributed by atoms with Crippen LogP contribution in [0, 0.1) is 0 Å². The van der Waals surface area contributed by atoms with Crippen LogP contribution in [-0.4, -0.2) is 62.8 Å². The Bertz CT molecular complexity index is 1570. The number of likely N-dealkylation sites (tertiary alicyclic amines) is 1. The summed E-state index contributed by atoms with van der Waals surface area (Å²) in [6.07, 6.45) is 8.40. The van der Waals surface area contributed by atoms with Crippen molar-refractivity contribution in [1.82, 2.24) is 24.3 Å². The maximum absolute atomic E-state index is 14.1. The fourth-order valence-corrected chi connectivity index (χ4v) is 7.14. The molecule has 1 N–H and O–H groups in total. The normalized spacial score (nSPS) is 18.3. The molecule has 0 spiro atoms. The number of benzene rings is 2. The van der Waals surface area contributed by atoms with E-state index in [-0.39, 0.29) is 11.8 Å². The van der Waals surface area contributed by atoms with Crippen LogP contribution in [0.25, 0.3) is 11.1 Å². The van der Waals surface area contributed by atoms with Crippen LogP contribution in [0.1, 0.15) is 64.1 Å². The quantitative estimate of drug-likeness (QED) is 0.350. The lowest BCUT2D eigenvalue weighted by molar-refractivity contribution is -0.121. The first-order valence-corrected chi connectivity index (χ1v) is 15.4. The molecular weight excluding hydrogens is 532 g/mol. The Labute approximate surface area is 244 Å². The second kappa shape index (κ2) is 10.9. The number of hydrogen-bond donors (Lipinski definition) is 1. The molecule has 2 amide bonds. The summed E-state index contributed by atoms with van der Waals surface area (Å²) in [7, 11) is 2.19. The van der Waals surface area contributed by atoms with Gasteiger partial charge in [0.2, 0.25) is 0 Å². The summed E-state index contributed by atoms with van der Waals surface area (Å²) in [6, 6.07) is 14.2. The first-order valence-electron chi connectivity index (χ1n) is 14.5. The number of rotatable bonds is 6. The van der Waals surface area contributed by atoms with E-state index in [0.29, 0.717) is 35.3 Å². The molecule has 0 radical (unpaired) electrons. The lowest BCUT2D eigenvalue weighted by Gasteiger charge is -2.34. The van der Waals surface area contributed by atoms with Gasteiger partial charge in [-0.1, -0.05) is 36.4 Å². The Balaban J connectivity index is 1.18. The van der Waals surface area contributed by atoms with Gasteiger partial charge in [-0.3, -0.25) is 14.9 Å². The maximum atomic E-state index is 14.1. The van der Waals surface area contributed by atoms with Crippen molar-refractivity contribution in [1.29, 1.82) is 0 Å². The average Bonchev–Trinajstić information content (AvgIpc) is 3.76. The molecule has 3 aliphatic rings. The van der Waals surface area contributed by atoms with Crippen molar-refractivity contribution >= 4 is 28.3 Å². The van der Waals surface area contributed by atoms with Crippen LogP contribution < -0.4 is 5.32 Å². The number of nitrogens with zero attached hydrogens (tertiary/aromatic N) is 5. The lowest BCUT2D eigenvalue weighted by atomic mass is 9.88. The number of carbonyl (C=O) groups is 2. The summed E-state index contributed by atoms with van der Waals surface area (Å²) in [6.45, 7) is 3.62. The number of amides is 2. The van der Waals surface area contributed by atoms with Gasteiger partial charge in [-0.05, 0) is 86.5 Å². The van der Waals surface area contributed by atoms with E-state index in [1.807, 2.05) is 11.4 Å². The predicted octanol–water partition coefficient (Wildman–Crippen LogP) is 5.14. The van der Waals surface area contributed by atoms with Gasteiger partial charge in [0.25, 0.3) is 11.8 Å². The van der Waals surface area contributed by atoms with Crippen molar-refractivity contribution in [3.8, 4) is 11.1 Å². The number of aryl methyl sites for hydroxylation is 1. The molecule has 0 saturated carbocycles. The van der Waals surface area contributed by atoms with E-state index >= 15 is 0 Å². The Morgan fingerprint density at radius 2 is 1.80 bits per heavy atom. The second-order valence-corrected chi connectivity index (χ2v) is 12.3. The molecule has 0 bridgehead atoms. The summed E-state index contributed by atoms with van der Waals surface area (Å²) in [5, 5.41) is 5.28. The first kappa shape index (κ1) is 26.1. The van der Waals surface area contributed by atoms with E-state index in [2.05, 4.69) is 68.2 Å². The molecule has 7 rings (SSSR count). The van der Waals surface area contributed by atoms with Gasteiger partial charge < -0.3 is 14.4 Å². The van der Waals surface area contributed by atoms with E-state index in [4.69, 9.17) is 0 Å². The van der Waals surface area contributed by atoms with E-state index in [1.165, 1.54) is 29.7 Å². The van der Waals surface area contributed by atoms with Crippen LogP contribution in [0.15, 0.2) is 60.4 Å². The molecule has 9 heteroatoms. The fourth-order valence-electron chi connectivity index (χ4n) is 6.61. The Morgan fingerprint density at radius 3 is 2.59 bits per heavy atom. The number of aromatic nitrogens is 3. The fraction of sp³-hybridized carbons (Fsp3) is 0.375. The molecule has 3 aliphatic heterocycles. The number of anilines is 1. The number of fused-ring (bicyclic) bond motifs is 2. The van der Waals surface area contributed by atoms with Gasteiger partial charge >= 0.3 is 0 Å². The summed E-state index contributed by atoms with van der Waals surface area (Å²) < 4.78 is 2.11. The molecule has 1 saturated heterocycles. The van der Waals surface area contributed by atoms with Gasteiger partial charge in [-0.15, -0.1) is 11.3 Å². The van der Waals surface area contributed by atoms with E-state index in [1.54, 1.807) is 17.4 Å². The highest BCUT2D eigenvalue weighted by molar-refractivity contribution is 7.13. The second-order valence-electron chi connectivity index (χ2n) is 11.4. The van der Waals surface area contributed by atoms with Gasteiger partial charge in [0.05, 0.1) is 12.0 Å². The van der Waals surface area contributed by atoms with E-state index < -0.39 is 6.04 Å². The smallest absolute Gasteiger partial charge is 0.255 e. The van der Waals surface area contributed by atoms with Crippen LogP contribution in [-0.2, 0) is 24.2 Å². The summed E-state index contributed by atoms with van der Waals surface area (Å²) >= 11 is 1.36. The first-order chi connectivity index (χ1) is 20.0. The maximum Gasteiger partial charge on any atom is 0.255 e. The number of carbonyl (C=O) groups excluding carboxylic acids is 2. The van der Waals surface area contributed by atoms with Gasteiger partial charge in [0.15, 0.2) is 11.2 Å². The van der Waals surface area contributed by atoms with E-state index in [0.717, 1.165) is 54.9 Å². The van der Waals surface area contributed by atoms with Crippen molar-refractivity contribution in [2.45, 2.75) is 50.6 Å². The Kier molecular flexibility index (Phi) is 6.92. The number of imidazole rings is 1. The molecule has 2 aromatic carbocycles. The van der Waals surface area contributed by atoms with Crippen LogP contribution >= 0.6 is 11.3 Å². The molecule has 210 valence electrons. The van der Waals surface area contributed by atoms with Crippen LogP contribution in [0.4, 0.5) is 5.13 Å². The summed E-state index contributed by atoms with van der Waals surface area (Å²) in [4.78, 5) is 40.9. The average molecular weight is 567 g/mol. The molecule has 8 nitrogen and oxygen atoms in total. The third kappa shape index (κ3) is 4.97. The van der Waals surface area contributed by atoms with Crippen molar-refractivity contribution in [3.63, 3.8) is 0 Å². The van der Waals surface area contributed by atoms with Crippen LogP contribution in [0.3, 0.4) is 0 Å². The standard InChI is InChI=1S/C32H34N6O2S/c1-36-15-10-23(11-16-36)21-4-6-22(7-5-21)25-9-8-24-12-17-38(31(40)26(24)19-25)29(30(39)35-32-33-13-18-41-32)28-27-3-2-14-37(27)20-34-28/h4-9,13,18-20,23,29H,2-3,10-12,14-17H2,1H3,(H,33,35,39). The topological polar surface area (TPSA) is 83.4 Å². The minimum atomic E-state index is -0.814. The van der Waals surface area contributed by atoms with Gasteiger partial charge in [0.1, 0.15) is 0 Å². The van der Waals surface area contributed by atoms with Crippen molar-refractivity contribution in [2.75, 3.05) is 32.0 Å². The van der Waals surface area contributed by atoms with Crippen molar-refractivity contribution < 1.29 is 9.59 Å². The van der Waals surface area contributed by atoms with Gasteiger partial charge in [-0.25, -0.2) is 9.97 Å². The highest BCUT2D eigenvalue weighted by atomic mass is 32.1. The zero-order valence-electron chi connectivity index (χ0n) is 23.3. The summed E-state index contributed by atoms with van der Waals surface area (Å²) in [5.41, 5.74) is 6.90. The highest BCUT2D eigenvalue weighted by Gasteiger charge is 2.39. The molecule has 1 unspecified atom stereocenters. The van der Waals surface area contributed by atoms with Crippen molar-refractivity contribution in [3.05, 3.63) is 88.4 Å². The minimum Gasteiger partial charge on any atom is -0.334 e. The Hall–Kier alpha value is -3.82. The molecule has 0 aliphatic carbocycles. The lowest BCUT2D eigenvalue weighted by Crippen LogP contribution is -2.45. The minimum absolute atomic E-state index is 0.130. The number of hydrogen-bond acceptors (Lipinski definition) is 6. The largest absolute Gasteiger partial charge is 0.334 e. The monoisotopic (exact) mass is 566 g/mol. The van der Waals surface area contributed by atoms with E-state index in [9.17, 15) is 9.59 Å². The zero-order chi connectivity index (χ0) is 27.9.